The van der Waals surface area contributed by atoms with Crippen molar-refractivity contribution in [1.82, 2.24) is 5.43 Å². The van der Waals surface area contributed by atoms with Gasteiger partial charge in [0, 0.05) is 44.4 Å². The van der Waals surface area contributed by atoms with Crippen molar-refractivity contribution in [2.75, 3.05) is 5.32 Å². The molecule has 0 saturated heterocycles. The van der Waals surface area contributed by atoms with Gasteiger partial charge in [0.2, 0.25) is 5.91 Å². The summed E-state index contributed by atoms with van der Waals surface area (Å²) in [5.74, 6) is -0.161. The zero-order chi connectivity index (χ0) is 23.1. The summed E-state index contributed by atoms with van der Waals surface area (Å²) in [4.78, 5) is 23.6. The average Bonchev–Trinajstić information content (AvgIpc) is 2.74. The van der Waals surface area contributed by atoms with Crippen LogP contribution in [0.3, 0.4) is 0 Å². The molecular weight excluding hydrogens is 473 g/mol. The standard InChI is InChI=1S/C23H18Cl3N3O3/c1-14(30)28-20-4-2-3-15(10-20)23(31)29-27-12-17-9-18(24)7-8-22(17)32-13-16-5-6-19(25)11-21(16)26/h2-12H,13H2,1H3,(H,28,30)(H,29,31)/b27-12-. The first-order valence-electron chi connectivity index (χ1n) is 9.39. The summed E-state index contributed by atoms with van der Waals surface area (Å²) >= 11 is 18.2. The van der Waals surface area contributed by atoms with Crippen LogP contribution in [0.25, 0.3) is 0 Å². The zero-order valence-electron chi connectivity index (χ0n) is 16.9. The van der Waals surface area contributed by atoms with Crippen LogP contribution in [0.4, 0.5) is 5.69 Å². The predicted octanol–water partition coefficient (Wildman–Crippen LogP) is 5.95. The van der Waals surface area contributed by atoms with E-state index in [1.165, 1.54) is 13.1 Å². The van der Waals surface area contributed by atoms with E-state index in [1.807, 2.05) is 0 Å². The number of ether oxygens (including phenoxy) is 1. The SMILES string of the molecule is CC(=O)Nc1cccc(C(=O)N/N=C\c2cc(Cl)ccc2OCc2ccc(Cl)cc2Cl)c1. The van der Waals surface area contributed by atoms with Crippen LogP contribution in [-0.4, -0.2) is 18.0 Å². The van der Waals surface area contributed by atoms with Crippen molar-refractivity contribution in [3.05, 3.63) is 92.4 Å². The number of anilines is 1. The Hall–Kier alpha value is -3.06. The molecule has 0 aliphatic heterocycles. The Kier molecular flexibility index (Phi) is 8.11. The van der Waals surface area contributed by atoms with E-state index in [2.05, 4.69) is 15.8 Å². The van der Waals surface area contributed by atoms with Gasteiger partial charge in [0.25, 0.3) is 5.91 Å². The van der Waals surface area contributed by atoms with E-state index in [0.29, 0.717) is 37.6 Å². The number of hydrazone groups is 1. The van der Waals surface area contributed by atoms with Gasteiger partial charge < -0.3 is 10.1 Å². The molecule has 0 bridgehead atoms. The van der Waals surface area contributed by atoms with E-state index in [0.717, 1.165) is 5.56 Å². The van der Waals surface area contributed by atoms with Crippen LogP contribution in [0.2, 0.25) is 15.1 Å². The molecule has 0 atom stereocenters. The average molecular weight is 491 g/mol. The molecule has 0 unspecified atom stereocenters. The Morgan fingerprint density at radius 1 is 1.00 bits per heavy atom. The highest BCUT2D eigenvalue weighted by Crippen LogP contribution is 2.25. The summed E-state index contributed by atoms with van der Waals surface area (Å²) in [6.07, 6.45) is 1.43. The second-order valence-electron chi connectivity index (χ2n) is 6.67. The van der Waals surface area contributed by atoms with Crippen molar-refractivity contribution in [2.45, 2.75) is 13.5 Å². The Bertz CT molecular complexity index is 1180. The molecule has 0 heterocycles. The van der Waals surface area contributed by atoms with Crippen LogP contribution in [-0.2, 0) is 11.4 Å². The molecule has 0 saturated carbocycles. The van der Waals surface area contributed by atoms with Crippen LogP contribution in [0.15, 0.2) is 65.8 Å². The molecule has 0 radical (unpaired) electrons. The number of nitrogens with zero attached hydrogens (tertiary/aromatic N) is 1. The number of nitrogens with one attached hydrogen (secondary N) is 2. The summed E-state index contributed by atoms with van der Waals surface area (Å²) in [5.41, 5.74) is 4.63. The number of halogens is 3. The lowest BCUT2D eigenvalue weighted by Gasteiger charge is -2.11. The van der Waals surface area contributed by atoms with Crippen LogP contribution in [0.1, 0.15) is 28.4 Å². The Morgan fingerprint density at radius 2 is 1.75 bits per heavy atom. The summed E-state index contributed by atoms with van der Waals surface area (Å²) in [6.45, 7) is 1.60. The highest BCUT2D eigenvalue weighted by Gasteiger charge is 2.08. The molecule has 6 nitrogen and oxygen atoms in total. The molecule has 0 aliphatic rings. The van der Waals surface area contributed by atoms with Gasteiger partial charge in [0.15, 0.2) is 0 Å². The van der Waals surface area contributed by atoms with Crippen LogP contribution in [0, 0.1) is 0 Å². The van der Waals surface area contributed by atoms with E-state index >= 15 is 0 Å². The van der Waals surface area contributed by atoms with E-state index < -0.39 is 5.91 Å². The van der Waals surface area contributed by atoms with Crippen LogP contribution >= 0.6 is 34.8 Å². The molecule has 164 valence electrons. The van der Waals surface area contributed by atoms with Crippen LogP contribution < -0.4 is 15.5 Å². The van der Waals surface area contributed by atoms with Gasteiger partial charge in [-0.15, -0.1) is 0 Å². The fourth-order valence-corrected chi connectivity index (χ4v) is 3.36. The smallest absolute Gasteiger partial charge is 0.271 e. The minimum Gasteiger partial charge on any atom is -0.488 e. The van der Waals surface area contributed by atoms with Crippen molar-refractivity contribution >= 4 is 58.5 Å². The number of carbonyl (C=O) groups excluding carboxylic acids is 2. The maximum Gasteiger partial charge on any atom is 0.271 e. The minimum atomic E-state index is -0.439. The normalized spacial score (nSPS) is 10.8. The van der Waals surface area contributed by atoms with Crippen molar-refractivity contribution in [3.63, 3.8) is 0 Å². The highest BCUT2D eigenvalue weighted by atomic mass is 35.5. The lowest BCUT2D eigenvalue weighted by molar-refractivity contribution is -0.114. The maximum atomic E-state index is 12.4. The van der Waals surface area contributed by atoms with Gasteiger partial charge in [-0.25, -0.2) is 5.43 Å². The second kappa shape index (κ2) is 11.0. The van der Waals surface area contributed by atoms with E-state index in [1.54, 1.807) is 60.7 Å². The van der Waals surface area contributed by atoms with Crippen molar-refractivity contribution < 1.29 is 14.3 Å². The van der Waals surface area contributed by atoms with Crippen LogP contribution in [0.5, 0.6) is 5.75 Å². The molecule has 0 spiro atoms. The predicted molar refractivity (Wildman–Crippen MR) is 128 cm³/mol. The molecule has 3 aromatic rings. The van der Waals surface area contributed by atoms with Crippen molar-refractivity contribution in [2.24, 2.45) is 5.10 Å². The Balaban J connectivity index is 1.69. The van der Waals surface area contributed by atoms with Crippen molar-refractivity contribution in [3.8, 4) is 5.75 Å². The molecule has 0 aromatic heterocycles. The minimum absolute atomic E-state index is 0.209. The Morgan fingerprint density at radius 3 is 2.50 bits per heavy atom. The third-order valence-corrected chi connectivity index (χ3v) is 5.01. The van der Waals surface area contributed by atoms with Gasteiger partial charge >= 0.3 is 0 Å². The van der Waals surface area contributed by atoms with Gasteiger partial charge in [0.1, 0.15) is 12.4 Å². The van der Waals surface area contributed by atoms with E-state index in [-0.39, 0.29) is 12.5 Å². The van der Waals surface area contributed by atoms with E-state index in [4.69, 9.17) is 39.5 Å². The number of hydrogen-bond acceptors (Lipinski definition) is 4. The lowest BCUT2D eigenvalue weighted by atomic mass is 10.2. The van der Waals surface area contributed by atoms with E-state index in [9.17, 15) is 9.59 Å². The second-order valence-corrected chi connectivity index (χ2v) is 7.95. The summed E-state index contributed by atoms with van der Waals surface area (Å²) < 4.78 is 5.86. The van der Waals surface area contributed by atoms with Gasteiger partial charge in [-0.3, -0.25) is 9.59 Å². The number of amides is 2. The molecule has 2 N–H and O–H groups in total. The fourth-order valence-electron chi connectivity index (χ4n) is 2.71. The quantitative estimate of drug-likeness (QED) is 0.317. The molecule has 0 fully saturated rings. The first-order chi connectivity index (χ1) is 15.3. The first kappa shape index (κ1) is 23.6. The van der Waals surface area contributed by atoms with Gasteiger partial charge in [-0.05, 0) is 48.5 Å². The summed E-state index contributed by atoms with van der Waals surface area (Å²) in [6, 6.07) is 16.7. The van der Waals surface area contributed by atoms with Gasteiger partial charge in [0.05, 0.1) is 6.21 Å². The molecule has 32 heavy (non-hydrogen) atoms. The maximum absolute atomic E-state index is 12.4. The zero-order valence-corrected chi connectivity index (χ0v) is 19.1. The highest BCUT2D eigenvalue weighted by molar-refractivity contribution is 6.35. The topological polar surface area (TPSA) is 79.8 Å². The summed E-state index contributed by atoms with van der Waals surface area (Å²) in [7, 11) is 0. The number of hydrogen-bond donors (Lipinski definition) is 2. The van der Waals surface area contributed by atoms with Gasteiger partial charge in [-0.1, -0.05) is 46.9 Å². The van der Waals surface area contributed by atoms with Gasteiger partial charge in [-0.2, -0.15) is 5.10 Å². The molecule has 3 aromatic carbocycles. The third-order valence-electron chi connectivity index (χ3n) is 4.18. The van der Waals surface area contributed by atoms with Crippen molar-refractivity contribution in [1.29, 1.82) is 0 Å². The molecule has 0 aliphatic carbocycles. The fraction of sp³-hybridized carbons (Fsp3) is 0.0870. The number of rotatable bonds is 7. The molecule has 2 amide bonds. The lowest BCUT2D eigenvalue weighted by Crippen LogP contribution is -2.18. The molecule has 9 heteroatoms. The largest absolute Gasteiger partial charge is 0.488 e. The number of carbonyl (C=O) groups is 2. The monoisotopic (exact) mass is 489 g/mol. The first-order valence-corrected chi connectivity index (χ1v) is 10.5. The Labute approximate surface area is 200 Å². The third kappa shape index (κ3) is 6.72. The molecular formula is C23H18Cl3N3O3. The summed E-state index contributed by atoms with van der Waals surface area (Å²) in [5, 5.41) is 8.14. The number of benzene rings is 3. The molecule has 3 rings (SSSR count).